The van der Waals surface area contributed by atoms with Crippen molar-refractivity contribution < 1.29 is 9.53 Å². The quantitative estimate of drug-likeness (QED) is 0.942. The second-order valence-corrected chi connectivity index (χ2v) is 5.70. The molecular formula is C18H21N3O2. The van der Waals surface area contributed by atoms with E-state index >= 15 is 0 Å². The van der Waals surface area contributed by atoms with E-state index in [1.807, 2.05) is 29.2 Å². The number of carbonyl (C=O) groups excluding carboxylic acids is 1. The van der Waals surface area contributed by atoms with Crippen molar-refractivity contribution in [3.8, 4) is 11.5 Å². The normalized spacial score (nSPS) is 17.8. The van der Waals surface area contributed by atoms with Crippen LogP contribution in [0.5, 0.6) is 11.5 Å². The molecule has 2 N–H and O–H groups in total. The van der Waals surface area contributed by atoms with E-state index in [0.717, 1.165) is 25.8 Å². The van der Waals surface area contributed by atoms with Crippen LogP contribution >= 0.6 is 0 Å². The van der Waals surface area contributed by atoms with Crippen LogP contribution in [0.4, 0.5) is 0 Å². The van der Waals surface area contributed by atoms with E-state index < -0.39 is 0 Å². The number of nitrogens with zero attached hydrogens (tertiary/aromatic N) is 2. The van der Waals surface area contributed by atoms with Gasteiger partial charge in [-0.05, 0) is 55.7 Å². The van der Waals surface area contributed by atoms with Crippen molar-refractivity contribution in [3.63, 3.8) is 0 Å². The van der Waals surface area contributed by atoms with E-state index in [9.17, 15) is 4.79 Å². The maximum Gasteiger partial charge on any atom is 0.254 e. The molecule has 5 nitrogen and oxygen atoms in total. The zero-order valence-corrected chi connectivity index (χ0v) is 13.0. The van der Waals surface area contributed by atoms with Crippen molar-refractivity contribution in [2.24, 2.45) is 5.73 Å². The third kappa shape index (κ3) is 3.68. The van der Waals surface area contributed by atoms with Crippen molar-refractivity contribution in [2.45, 2.75) is 25.3 Å². The van der Waals surface area contributed by atoms with Gasteiger partial charge < -0.3 is 15.4 Å². The van der Waals surface area contributed by atoms with Crippen molar-refractivity contribution in [1.29, 1.82) is 0 Å². The summed E-state index contributed by atoms with van der Waals surface area (Å²) in [5, 5.41) is 0. The van der Waals surface area contributed by atoms with Crippen LogP contribution in [0.1, 0.15) is 29.6 Å². The molecular weight excluding hydrogens is 290 g/mol. The van der Waals surface area contributed by atoms with Gasteiger partial charge >= 0.3 is 0 Å². The minimum Gasteiger partial charge on any atom is -0.456 e. The molecule has 1 aliphatic heterocycles. The Morgan fingerprint density at radius 2 is 2.04 bits per heavy atom. The van der Waals surface area contributed by atoms with Crippen molar-refractivity contribution in [3.05, 3.63) is 54.4 Å². The molecule has 1 aromatic carbocycles. The Bertz CT molecular complexity index is 643. The highest BCUT2D eigenvalue weighted by Gasteiger charge is 2.26. The van der Waals surface area contributed by atoms with Gasteiger partial charge in [0, 0.05) is 30.9 Å². The predicted octanol–water partition coefficient (Wildman–Crippen LogP) is 2.83. The highest BCUT2D eigenvalue weighted by Crippen LogP contribution is 2.23. The summed E-state index contributed by atoms with van der Waals surface area (Å²) in [6, 6.07) is 11.0. The van der Waals surface area contributed by atoms with Gasteiger partial charge in [0.15, 0.2) is 0 Å². The number of rotatable bonds is 4. The summed E-state index contributed by atoms with van der Waals surface area (Å²) in [6.45, 7) is 1.31. The number of amides is 1. The minimum absolute atomic E-state index is 0.0491. The number of aromatic nitrogens is 1. The molecule has 0 radical (unpaired) electrons. The Morgan fingerprint density at radius 1 is 1.22 bits per heavy atom. The van der Waals surface area contributed by atoms with E-state index in [4.69, 9.17) is 10.5 Å². The zero-order valence-electron chi connectivity index (χ0n) is 13.0. The fourth-order valence-electron chi connectivity index (χ4n) is 2.89. The summed E-state index contributed by atoms with van der Waals surface area (Å²) < 4.78 is 5.69. The van der Waals surface area contributed by atoms with Gasteiger partial charge in [-0.25, -0.2) is 0 Å². The lowest BCUT2D eigenvalue weighted by molar-refractivity contribution is 0.0623. The van der Waals surface area contributed by atoms with Crippen LogP contribution in [-0.4, -0.2) is 34.9 Å². The average molecular weight is 311 g/mol. The number of benzene rings is 1. The van der Waals surface area contributed by atoms with Gasteiger partial charge in [0.05, 0.1) is 6.20 Å². The van der Waals surface area contributed by atoms with Crippen LogP contribution in [-0.2, 0) is 0 Å². The number of hydrogen-bond donors (Lipinski definition) is 1. The molecule has 0 bridgehead atoms. The fraction of sp³-hybridized carbons (Fsp3) is 0.333. The van der Waals surface area contributed by atoms with Gasteiger partial charge in [-0.2, -0.15) is 0 Å². The van der Waals surface area contributed by atoms with E-state index in [1.54, 1.807) is 24.5 Å². The summed E-state index contributed by atoms with van der Waals surface area (Å²) in [6.07, 6.45) is 6.53. The van der Waals surface area contributed by atoms with E-state index in [2.05, 4.69) is 4.98 Å². The fourth-order valence-corrected chi connectivity index (χ4v) is 2.89. The largest absolute Gasteiger partial charge is 0.456 e. The first-order valence-electron chi connectivity index (χ1n) is 7.97. The van der Waals surface area contributed by atoms with Crippen LogP contribution < -0.4 is 10.5 Å². The predicted molar refractivity (Wildman–Crippen MR) is 88.5 cm³/mol. The van der Waals surface area contributed by atoms with E-state index in [-0.39, 0.29) is 11.9 Å². The SMILES string of the molecule is NCC1CCCCN1C(=O)c1ccc(Oc2cccnc2)cc1. The molecule has 1 fully saturated rings. The number of nitrogens with two attached hydrogens (primary N) is 1. The lowest BCUT2D eigenvalue weighted by Crippen LogP contribution is -2.47. The molecule has 23 heavy (non-hydrogen) atoms. The molecule has 2 heterocycles. The van der Waals surface area contributed by atoms with Crippen LogP contribution in [0.15, 0.2) is 48.8 Å². The number of pyridine rings is 1. The number of carbonyl (C=O) groups is 1. The topological polar surface area (TPSA) is 68.5 Å². The monoisotopic (exact) mass is 311 g/mol. The molecule has 1 aromatic heterocycles. The molecule has 1 saturated heterocycles. The Kier molecular flexibility index (Phi) is 4.88. The van der Waals surface area contributed by atoms with Gasteiger partial charge in [-0.3, -0.25) is 9.78 Å². The summed E-state index contributed by atoms with van der Waals surface area (Å²) in [7, 11) is 0. The summed E-state index contributed by atoms with van der Waals surface area (Å²) in [4.78, 5) is 18.6. The van der Waals surface area contributed by atoms with Gasteiger partial charge in [0.2, 0.25) is 0 Å². The first-order chi connectivity index (χ1) is 11.3. The molecule has 1 unspecified atom stereocenters. The van der Waals surface area contributed by atoms with Gasteiger partial charge in [-0.15, -0.1) is 0 Å². The minimum atomic E-state index is 0.0491. The second kappa shape index (κ2) is 7.24. The average Bonchev–Trinajstić information content (AvgIpc) is 2.62. The molecule has 1 amide bonds. The molecule has 3 rings (SSSR count). The lowest BCUT2D eigenvalue weighted by Gasteiger charge is -2.35. The Morgan fingerprint density at radius 3 is 2.74 bits per heavy atom. The number of hydrogen-bond acceptors (Lipinski definition) is 4. The molecule has 1 aliphatic rings. The number of ether oxygens (including phenoxy) is 1. The highest BCUT2D eigenvalue weighted by molar-refractivity contribution is 5.94. The molecule has 0 aliphatic carbocycles. The van der Waals surface area contributed by atoms with Crippen molar-refractivity contribution >= 4 is 5.91 Å². The van der Waals surface area contributed by atoms with Crippen molar-refractivity contribution in [1.82, 2.24) is 9.88 Å². The van der Waals surface area contributed by atoms with Crippen LogP contribution in [0.25, 0.3) is 0 Å². The number of likely N-dealkylation sites (tertiary alicyclic amines) is 1. The second-order valence-electron chi connectivity index (χ2n) is 5.70. The Hall–Kier alpha value is -2.40. The smallest absolute Gasteiger partial charge is 0.254 e. The third-order valence-corrected chi connectivity index (χ3v) is 4.13. The van der Waals surface area contributed by atoms with Gasteiger partial charge in [0.1, 0.15) is 11.5 Å². The maximum absolute atomic E-state index is 12.7. The van der Waals surface area contributed by atoms with Crippen LogP contribution in [0.2, 0.25) is 0 Å². The first-order valence-corrected chi connectivity index (χ1v) is 7.97. The molecule has 0 saturated carbocycles. The standard InChI is InChI=1S/C18H21N3O2/c19-12-15-4-1-2-11-21(15)18(22)14-6-8-16(9-7-14)23-17-5-3-10-20-13-17/h3,5-10,13,15H,1-2,4,11-12,19H2. The maximum atomic E-state index is 12.7. The van der Waals surface area contributed by atoms with Crippen LogP contribution in [0.3, 0.4) is 0 Å². The summed E-state index contributed by atoms with van der Waals surface area (Å²) in [5.74, 6) is 1.41. The molecule has 5 heteroatoms. The zero-order chi connectivity index (χ0) is 16.1. The molecule has 2 aromatic rings. The molecule has 120 valence electrons. The summed E-state index contributed by atoms with van der Waals surface area (Å²) in [5.41, 5.74) is 6.47. The molecule has 1 atom stereocenters. The van der Waals surface area contributed by atoms with E-state index in [0.29, 0.717) is 23.6 Å². The third-order valence-electron chi connectivity index (χ3n) is 4.13. The Labute approximate surface area is 136 Å². The van der Waals surface area contributed by atoms with Gasteiger partial charge in [-0.1, -0.05) is 0 Å². The molecule has 0 spiro atoms. The number of piperidine rings is 1. The van der Waals surface area contributed by atoms with E-state index in [1.165, 1.54) is 0 Å². The first kappa shape index (κ1) is 15.5. The summed E-state index contributed by atoms with van der Waals surface area (Å²) >= 11 is 0. The van der Waals surface area contributed by atoms with Gasteiger partial charge in [0.25, 0.3) is 5.91 Å². The van der Waals surface area contributed by atoms with Crippen LogP contribution in [0, 0.1) is 0 Å². The lowest BCUT2D eigenvalue weighted by atomic mass is 10.0. The Balaban J connectivity index is 1.70. The van der Waals surface area contributed by atoms with Crippen molar-refractivity contribution in [2.75, 3.05) is 13.1 Å². The highest BCUT2D eigenvalue weighted by atomic mass is 16.5.